The molecule has 24 heavy (non-hydrogen) atoms. The van der Waals surface area contributed by atoms with Crippen molar-refractivity contribution in [2.24, 2.45) is 7.05 Å². The first kappa shape index (κ1) is 14.6. The number of aromatic nitrogens is 3. The van der Waals surface area contributed by atoms with Crippen molar-refractivity contribution in [1.82, 2.24) is 19.4 Å². The molecule has 1 aromatic carbocycles. The van der Waals surface area contributed by atoms with Crippen molar-refractivity contribution in [3.8, 4) is 11.4 Å². The first-order chi connectivity index (χ1) is 11.7. The summed E-state index contributed by atoms with van der Waals surface area (Å²) >= 11 is 0. The van der Waals surface area contributed by atoms with E-state index in [1.807, 2.05) is 65.0 Å². The third kappa shape index (κ3) is 2.48. The molecular formula is C19H18N4O. The van der Waals surface area contributed by atoms with Gasteiger partial charge in [-0.1, -0.05) is 36.4 Å². The van der Waals surface area contributed by atoms with Crippen LogP contribution in [0, 0.1) is 0 Å². The van der Waals surface area contributed by atoms with Crippen LogP contribution >= 0.6 is 0 Å². The molecule has 5 heteroatoms. The number of hydrogen-bond donors (Lipinski definition) is 0. The molecule has 1 amide bonds. The zero-order valence-electron chi connectivity index (χ0n) is 13.5. The Labute approximate surface area is 140 Å². The van der Waals surface area contributed by atoms with E-state index in [2.05, 4.69) is 9.97 Å². The molecule has 0 atom stereocenters. The van der Waals surface area contributed by atoms with Gasteiger partial charge in [0.15, 0.2) is 0 Å². The van der Waals surface area contributed by atoms with Gasteiger partial charge in [-0.15, -0.1) is 0 Å². The quantitative estimate of drug-likeness (QED) is 0.746. The standard InChI is InChI=1S/C19H18N4O/c1-22-17(11-21-18(22)14-7-3-2-4-8-14)19(24)23-12-15(13-23)16-9-5-6-10-20-16/h2-11,15H,12-13H2,1H3. The normalized spacial score (nSPS) is 14.5. The van der Waals surface area contributed by atoms with Gasteiger partial charge in [0.25, 0.3) is 5.91 Å². The van der Waals surface area contributed by atoms with E-state index in [4.69, 9.17) is 0 Å². The molecule has 4 rings (SSSR count). The molecule has 0 radical (unpaired) electrons. The molecule has 1 aliphatic rings. The summed E-state index contributed by atoms with van der Waals surface area (Å²) in [6, 6.07) is 15.8. The number of amides is 1. The van der Waals surface area contributed by atoms with Crippen molar-refractivity contribution in [1.29, 1.82) is 0 Å². The monoisotopic (exact) mass is 318 g/mol. The van der Waals surface area contributed by atoms with Gasteiger partial charge < -0.3 is 9.47 Å². The van der Waals surface area contributed by atoms with Crippen molar-refractivity contribution in [3.05, 3.63) is 72.3 Å². The molecule has 1 saturated heterocycles. The molecule has 0 unspecified atom stereocenters. The van der Waals surface area contributed by atoms with Gasteiger partial charge >= 0.3 is 0 Å². The summed E-state index contributed by atoms with van der Waals surface area (Å²) in [5.74, 6) is 1.16. The highest BCUT2D eigenvalue weighted by Crippen LogP contribution is 2.27. The minimum absolute atomic E-state index is 0.0272. The SMILES string of the molecule is Cn1c(C(=O)N2CC(c3ccccn3)C2)cnc1-c1ccccc1. The fourth-order valence-electron chi connectivity index (χ4n) is 3.07. The van der Waals surface area contributed by atoms with E-state index in [9.17, 15) is 4.79 Å². The molecule has 5 nitrogen and oxygen atoms in total. The second-order valence-electron chi connectivity index (χ2n) is 6.05. The van der Waals surface area contributed by atoms with Gasteiger partial charge in [-0.3, -0.25) is 9.78 Å². The lowest BCUT2D eigenvalue weighted by Crippen LogP contribution is -2.49. The van der Waals surface area contributed by atoms with Crippen LogP contribution in [0.4, 0.5) is 0 Å². The molecule has 0 saturated carbocycles. The maximum Gasteiger partial charge on any atom is 0.272 e. The first-order valence-electron chi connectivity index (χ1n) is 8.01. The summed E-state index contributed by atoms with van der Waals surface area (Å²) in [5.41, 5.74) is 2.68. The third-order valence-corrected chi connectivity index (χ3v) is 4.51. The smallest absolute Gasteiger partial charge is 0.272 e. The van der Waals surface area contributed by atoms with Crippen LogP contribution in [0.2, 0.25) is 0 Å². The predicted octanol–water partition coefficient (Wildman–Crippen LogP) is 2.72. The molecule has 2 aromatic heterocycles. The maximum atomic E-state index is 12.7. The third-order valence-electron chi connectivity index (χ3n) is 4.51. The maximum absolute atomic E-state index is 12.7. The highest BCUT2D eigenvalue weighted by Gasteiger charge is 2.34. The minimum atomic E-state index is 0.0272. The highest BCUT2D eigenvalue weighted by molar-refractivity contribution is 5.93. The van der Waals surface area contributed by atoms with Crippen LogP contribution in [0.15, 0.2) is 60.9 Å². The number of pyridine rings is 1. The first-order valence-corrected chi connectivity index (χ1v) is 8.01. The van der Waals surface area contributed by atoms with Crippen LogP contribution in [0.25, 0.3) is 11.4 Å². The van der Waals surface area contributed by atoms with Gasteiger partial charge in [-0.25, -0.2) is 4.98 Å². The average Bonchev–Trinajstić information content (AvgIpc) is 2.97. The lowest BCUT2D eigenvalue weighted by atomic mass is 9.95. The van der Waals surface area contributed by atoms with Crippen molar-refractivity contribution in [2.45, 2.75) is 5.92 Å². The van der Waals surface area contributed by atoms with Gasteiger partial charge in [-0.05, 0) is 12.1 Å². The Bertz CT molecular complexity index is 852. The van der Waals surface area contributed by atoms with Gasteiger partial charge in [0.2, 0.25) is 0 Å². The van der Waals surface area contributed by atoms with Crippen molar-refractivity contribution < 1.29 is 4.79 Å². The van der Waals surface area contributed by atoms with Crippen LogP contribution in [0.1, 0.15) is 22.1 Å². The molecule has 3 aromatic rings. The number of imidazole rings is 1. The number of nitrogens with zero attached hydrogens (tertiary/aromatic N) is 4. The number of hydrogen-bond acceptors (Lipinski definition) is 3. The Balaban J connectivity index is 1.50. The summed E-state index contributed by atoms with van der Waals surface area (Å²) in [6.07, 6.45) is 3.46. The van der Waals surface area contributed by atoms with Crippen LogP contribution in [0.3, 0.4) is 0 Å². The second kappa shape index (κ2) is 5.92. The fraction of sp³-hybridized carbons (Fsp3) is 0.211. The van der Waals surface area contributed by atoms with Crippen LogP contribution < -0.4 is 0 Å². The van der Waals surface area contributed by atoms with E-state index >= 15 is 0 Å². The second-order valence-corrected chi connectivity index (χ2v) is 6.05. The Morgan fingerprint density at radius 1 is 1.04 bits per heavy atom. The largest absolute Gasteiger partial charge is 0.336 e. The minimum Gasteiger partial charge on any atom is -0.336 e. The Morgan fingerprint density at radius 3 is 2.50 bits per heavy atom. The zero-order chi connectivity index (χ0) is 16.5. The van der Waals surface area contributed by atoms with Gasteiger partial charge in [0.1, 0.15) is 11.5 Å². The number of likely N-dealkylation sites (tertiary alicyclic amines) is 1. The summed E-state index contributed by atoms with van der Waals surface area (Å²) in [6.45, 7) is 1.42. The Morgan fingerprint density at radius 2 is 1.79 bits per heavy atom. The summed E-state index contributed by atoms with van der Waals surface area (Å²) in [7, 11) is 1.89. The van der Waals surface area contributed by atoms with Gasteiger partial charge in [-0.2, -0.15) is 0 Å². The predicted molar refractivity (Wildman–Crippen MR) is 91.5 cm³/mol. The van der Waals surface area contributed by atoms with Crippen molar-refractivity contribution in [3.63, 3.8) is 0 Å². The lowest BCUT2D eigenvalue weighted by molar-refractivity contribution is 0.0589. The number of rotatable bonds is 3. The molecule has 3 heterocycles. The lowest BCUT2D eigenvalue weighted by Gasteiger charge is -2.38. The number of carbonyl (C=O) groups is 1. The molecule has 0 spiro atoms. The summed E-state index contributed by atoms with van der Waals surface area (Å²) in [4.78, 5) is 23.4. The molecule has 1 aliphatic heterocycles. The van der Waals surface area contributed by atoms with Crippen molar-refractivity contribution in [2.75, 3.05) is 13.1 Å². The number of benzene rings is 1. The van der Waals surface area contributed by atoms with E-state index in [1.165, 1.54) is 0 Å². The topological polar surface area (TPSA) is 51.0 Å². The van der Waals surface area contributed by atoms with Gasteiger partial charge in [0, 0.05) is 43.5 Å². The highest BCUT2D eigenvalue weighted by atomic mass is 16.2. The van der Waals surface area contributed by atoms with Crippen LogP contribution in [-0.2, 0) is 7.05 Å². The van der Waals surface area contributed by atoms with Crippen LogP contribution in [0.5, 0.6) is 0 Å². The van der Waals surface area contributed by atoms with E-state index in [-0.39, 0.29) is 5.91 Å². The number of carbonyl (C=O) groups excluding carboxylic acids is 1. The van der Waals surface area contributed by atoms with Crippen molar-refractivity contribution >= 4 is 5.91 Å². The Kier molecular flexibility index (Phi) is 3.61. The zero-order valence-corrected chi connectivity index (χ0v) is 13.5. The summed E-state index contributed by atoms with van der Waals surface area (Å²) in [5, 5.41) is 0. The molecule has 0 aliphatic carbocycles. The van der Waals surface area contributed by atoms with Crippen LogP contribution in [-0.4, -0.2) is 38.4 Å². The van der Waals surface area contributed by atoms with E-state index in [0.717, 1.165) is 17.1 Å². The molecule has 120 valence electrons. The average molecular weight is 318 g/mol. The van der Waals surface area contributed by atoms with E-state index in [0.29, 0.717) is 24.7 Å². The molecule has 1 fully saturated rings. The molecule has 0 N–H and O–H groups in total. The molecular weight excluding hydrogens is 300 g/mol. The van der Waals surface area contributed by atoms with Gasteiger partial charge in [0.05, 0.1) is 6.20 Å². The van der Waals surface area contributed by atoms with E-state index < -0.39 is 0 Å². The molecule has 0 bridgehead atoms. The van der Waals surface area contributed by atoms with E-state index in [1.54, 1.807) is 12.4 Å². The summed E-state index contributed by atoms with van der Waals surface area (Å²) < 4.78 is 1.87. The Hall–Kier alpha value is -2.95. The fourth-order valence-corrected chi connectivity index (χ4v) is 3.07.